The van der Waals surface area contributed by atoms with E-state index in [4.69, 9.17) is 0 Å². The van der Waals surface area contributed by atoms with E-state index in [1.54, 1.807) is 23.7 Å². The van der Waals surface area contributed by atoms with Crippen molar-refractivity contribution in [2.24, 2.45) is 5.92 Å². The van der Waals surface area contributed by atoms with Gasteiger partial charge in [-0.15, -0.1) is 0 Å². The second-order valence-corrected chi connectivity index (χ2v) is 6.36. The number of anilines is 1. The maximum Gasteiger partial charge on any atom is 0.254 e. The van der Waals surface area contributed by atoms with Crippen LogP contribution in [-0.4, -0.2) is 40.9 Å². The molecule has 1 N–H and O–H groups in total. The number of carbonyl (C=O) groups excluding carboxylic acids is 1. The summed E-state index contributed by atoms with van der Waals surface area (Å²) in [6, 6.07) is 1.90. The number of amides is 1. The zero-order chi connectivity index (χ0) is 15.4. The Hall–Kier alpha value is -1.95. The summed E-state index contributed by atoms with van der Waals surface area (Å²) in [5.41, 5.74) is 1.79. The minimum Gasteiger partial charge on any atom is -0.372 e. The van der Waals surface area contributed by atoms with Gasteiger partial charge in [-0.25, -0.2) is 4.98 Å². The predicted molar refractivity (Wildman–Crippen MR) is 88.2 cm³/mol. The molecule has 0 bridgehead atoms. The molecule has 6 heteroatoms. The van der Waals surface area contributed by atoms with Crippen LogP contribution in [0.15, 0.2) is 29.2 Å². The van der Waals surface area contributed by atoms with Crippen molar-refractivity contribution in [3.05, 3.63) is 40.5 Å². The minimum absolute atomic E-state index is 0.152. The Morgan fingerprint density at radius 3 is 3.09 bits per heavy atom. The quantitative estimate of drug-likeness (QED) is 0.942. The number of piperidine rings is 1. The summed E-state index contributed by atoms with van der Waals surface area (Å²) in [6.45, 7) is 1.65. The molecule has 1 aliphatic rings. The molecule has 0 radical (unpaired) electrons. The summed E-state index contributed by atoms with van der Waals surface area (Å²) in [5, 5.41) is 6.96. The highest BCUT2D eigenvalue weighted by molar-refractivity contribution is 7.08. The molecule has 0 aliphatic carbocycles. The second-order valence-electron chi connectivity index (χ2n) is 5.58. The van der Waals surface area contributed by atoms with E-state index >= 15 is 0 Å². The van der Waals surface area contributed by atoms with Crippen LogP contribution in [0.5, 0.6) is 0 Å². The Morgan fingerprint density at radius 1 is 1.45 bits per heavy atom. The van der Waals surface area contributed by atoms with Crippen molar-refractivity contribution in [2.45, 2.75) is 19.3 Å². The molecule has 3 heterocycles. The highest BCUT2D eigenvalue weighted by Crippen LogP contribution is 2.24. The fourth-order valence-corrected chi connectivity index (χ4v) is 3.61. The lowest BCUT2D eigenvalue weighted by Gasteiger charge is -2.32. The van der Waals surface area contributed by atoms with Crippen LogP contribution in [-0.2, 0) is 6.42 Å². The molecule has 3 rings (SSSR count). The summed E-state index contributed by atoms with van der Waals surface area (Å²) < 4.78 is 0. The Bertz CT molecular complexity index is 629. The van der Waals surface area contributed by atoms with Crippen molar-refractivity contribution >= 4 is 23.1 Å². The van der Waals surface area contributed by atoms with Crippen LogP contribution in [0.4, 0.5) is 5.82 Å². The van der Waals surface area contributed by atoms with Gasteiger partial charge in [0.25, 0.3) is 5.91 Å². The Labute approximate surface area is 134 Å². The lowest BCUT2D eigenvalue weighted by molar-refractivity contribution is 0.0673. The van der Waals surface area contributed by atoms with Crippen molar-refractivity contribution < 1.29 is 4.79 Å². The molecule has 5 nitrogen and oxygen atoms in total. The molecule has 2 aromatic rings. The number of likely N-dealkylation sites (tertiary alicyclic amines) is 1. The monoisotopic (exact) mass is 316 g/mol. The summed E-state index contributed by atoms with van der Waals surface area (Å²) in [4.78, 5) is 23.2. The van der Waals surface area contributed by atoms with Crippen LogP contribution in [0.2, 0.25) is 0 Å². The van der Waals surface area contributed by atoms with Gasteiger partial charge in [-0.2, -0.15) is 11.3 Å². The number of hydrogen-bond donors (Lipinski definition) is 1. The molecule has 1 saturated heterocycles. The third kappa shape index (κ3) is 3.27. The topological polar surface area (TPSA) is 58.1 Å². The van der Waals surface area contributed by atoms with Crippen molar-refractivity contribution in [3.8, 4) is 0 Å². The van der Waals surface area contributed by atoms with E-state index in [-0.39, 0.29) is 5.91 Å². The minimum atomic E-state index is 0.152. The zero-order valence-electron chi connectivity index (χ0n) is 12.7. The summed E-state index contributed by atoms with van der Waals surface area (Å²) in [7, 11) is 1.86. The molecular weight excluding hydrogens is 296 g/mol. The average Bonchev–Trinajstić information content (AvgIpc) is 3.09. The van der Waals surface area contributed by atoms with Crippen LogP contribution in [0.25, 0.3) is 0 Å². The summed E-state index contributed by atoms with van der Waals surface area (Å²) in [5.74, 6) is 1.43. The standard InChI is InChI=1S/C16H20N4OS/c1-17-15-14(18-5-6-19-15)9-12-3-2-7-20(10-12)16(21)13-4-8-22-11-13/h4-6,8,11-12H,2-3,7,9-10H2,1H3,(H,17,19)/t12-/m1/s1. The highest BCUT2D eigenvalue weighted by Gasteiger charge is 2.25. The zero-order valence-corrected chi connectivity index (χ0v) is 13.5. The fourth-order valence-electron chi connectivity index (χ4n) is 2.98. The Morgan fingerprint density at radius 2 is 2.32 bits per heavy atom. The molecule has 0 unspecified atom stereocenters. The van der Waals surface area contributed by atoms with Crippen molar-refractivity contribution in [2.75, 3.05) is 25.5 Å². The van der Waals surface area contributed by atoms with Crippen LogP contribution < -0.4 is 5.32 Å². The van der Waals surface area contributed by atoms with Gasteiger partial charge in [-0.3, -0.25) is 9.78 Å². The van der Waals surface area contributed by atoms with Crippen molar-refractivity contribution in [1.29, 1.82) is 0 Å². The first kappa shape index (κ1) is 15.0. The van der Waals surface area contributed by atoms with Gasteiger partial charge in [0.15, 0.2) is 0 Å². The second kappa shape index (κ2) is 6.87. The van der Waals surface area contributed by atoms with E-state index in [1.807, 2.05) is 28.8 Å². The predicted octanol–water partition coefficient (Wildman–Crippen LogP) is 2.67. The van der Waals surface area contributed by atoms with Crippen molar-refractivity contribution in [3.63, 3.8) is 0 Å². The number of nitrogens with zero attached hydrogens (tertiary/aromatic N) is 3. The molecule has 1 atom stereocenters. The van der Waals surface area contributed by atoms with Crippen LogP contribution in [0.1, 0.15) is 28.9 Å². The van der Waals surface area contributed by atoms with Crippen LogP contribution in [0.3, 0.4) is 0 Å². The van der Waals surface area contributed by atoms with Gasteiger partial charge in [-0.05, 0) is 36.6 Å². The molecule has 0 saturated carbocycles. The first-order valence-electron chi connectivity index (χ1n) is 7.57. The Kier molecular flexibility index (Phi) is 4.68. The van der Waals surface area contributed by atoms with E-state index in [1.165, 1.54) is 0 Å². The van der Waals surface area contributed by atoms with Gasteiger partial charge in [0.05, 0.1) is 11.3 Å². The van der Waals surface area contributed by atoms with E-state index in [2.05, 4.69) is 15.3 Å². The molecule has 22 heavy (non-hydrogen) atoms. The molecule has 1 fully saturated rings. The third-order valence-corrected chi connectivity index (χ3v) is 4.75. The summed E-state index contributed by atoms with van der Waals surface area (Å²) >= 11 is 1.57. The van der Waals surface area contributed by atoms with Crippen molar-refractivity contribution in [1.82, 2.24) is 14.9 Å². The molecular formula is C16H20N4OS. The Balaban J connectivity index is 1.67. The van der Waals surface area contributed by atoms with Gasteiger partial charge in [0, 0.05) is 37.9 Å². The van der Waals surface area contributed by atoms with Gasteiger partial charge in [-0.1, -0.05) is 0 Å². The number of nitrogens with one attached hydrogen (secondary N) is 1. The molecule has 2 aromatic heterocycles. The third-order valence-electron chi connectivity index (χ3n) is 4.07. The van der Waals surface area contributed by atoms with Gasteiger partial charge < -0.3 is 10.2 Å². The SMILES string of the molecule is CNc1nccnc1C[C@H]1CCCN(C(=O)c2ccsc2)C1. The highest BCUT2D eigenvalue weighted by atomic mass is 32.1. The lowest BCUT2D eigenvalue weighted by Crippen LogP contribution is -2.40. The number of thiophene rings is 1. The number of carbonyl (C=O) groups is 1. The average molecular weight is 316 g/mol. The first-order chi connectivity index (χ1) is 10.8. The van der Waals surface area contributed by atoms with E-state index in [9.17, 15) is 4.79 Å². The van der Waals surface area contributed by atoms with E-state index < -0.39 is 0 Å². The normalized spacial score (nSPS) is 18.2. The molecule has 1 aliphatic heterocycles. The molecule has 1 amide bonds. The van der Waals surface area contributed by atoms with Crippen LogP contribution >= 0.6 is 11.3 Å². The first-order valence-corrected chi connectivity index (χ1v) is 8.51. The summed E-state index contributed by atoms with van der Waals surface area (Å²) in [6.07, 6.45) is 6.47. The van der Waals surface area contributed by atoms with Gasteiger partial charge >= 0.3 is 0 Å². The molecule has 0 aromatic carbocycles. The number of hydrogen-bond acceptors (Lipinski definition) is 5. The lowest BCUT2D eigenvalue weighted by atomic mass is 9.93. The maximum atomic E-state index is 12.5. The smallest absolute Gasteiger partial charge is 0.254 e. The van der Waals surface area contributed by atoms with Gasteiger partial charge in [0.1, 0.15) is 5.82 Å². The van der Waals surface area contributed by atoms with E-state index in [0.29, 0.717) is 5.92 Å². The molecule has 0 spiro atoms. The van der Waals surface area contributed by atoms with Gasteiger partial charge in [0.2, 0.25) is 0 Å². The van der Waals surface area contributed by atoms with Crippen LogP contribution in [0, 0.1) is 5.92 Å². The fraction of sp³-hybridized carbons (Fsp3) is 0.438. The number of rotatable bonds is 4. The largest absolute Gasteiger partial charge is 0.372 e. The van der Waals surface area contributed by atoms with E-state index in [0.717, 1.165) is 49.4 Å². The maximum absolute atomic E-state index is 12.5. The molecule has 116 valence electrons. The number of aromatic nitrogens is 2.